The summed E-state index contributed by atoms with van der Waals surface area (Å²) in [5.41, 5.74) is 0. The molecular weight excluding hydrogens is 336 g/mol. The molecule has 28 heavy (non-hydrogen) atoms. The van der Waals surface area contributed by atoms with E-state index in [2.05, 4.69) is 27.7 Å². The van der Waals surface area contributed by atoms with Crippen molar-refractivity contribution in [1.29, 1.82) is 0 Å². The molecule has 0 aromatic rings. The molecule has 0 aliphatic heterocycles. The van der Waals surface area contributed by atoms with Gasteiger partial charge in [-0.25, -0.2) is 0 Å². The maximum atomic E-state index is 2.49. The zero-order valence-corrected chi connectivity index (χ0v) is 20.7. The molecule has 0 nitrogen and oxygen atoms in total. The minimum Gasteiger partial charge on any atom is -0.0654 e. The van der Waals surface area contributed by atoms with E-state index in [0.717, 1.165) is 11.8 Å². The van der Waals surface area contributed by atoms with E-state index in [-0.39, 0.29) is 0 Å². The lowest BCUT2D eigenvalue weighted by Gasteiger charge is -2.11. The summed E-state index contributed by atoms with van der Waals surface area (Å²) in [6, 6.07) is 0. The first-order valence-electron chi connectivity index (χ1n) is 13.7. The molecule has 0 saturated heterocycles. The molecule has 0 heterocycles. The van der Waals surface area contributed by atoms with Gasteiger partial charge in [-0.15, -0.1) is 0 Å². The van der Waals surface area contributed by atoms with E-state index < -0.39 is 0 Å². The van der Waals surface area contributed by atoms with Gasteiger partial charge in [-0.3, -0.25) is 0 Å². The van der Waals surface area contributed by atoms with E-state index in [4.69, 9.17) is 0 Å². The van der Waals surface area contributed by atoms with Crippen LogP contribution in [0.5, 0.6) is 0 Å². The molecule has 0 aliphatic carbocycles. The van der Waals surface area contributed by atoms with Crippen molar-refractivity contribution in [2.75, 3.05) is 0 Å². The summed E-state index contributed by atoms with van der Waals surface area (Å²) < 4.78 is 0. The van der Waals surface area contributed by atoms with E-state index in [1.807, 2.05) is 0 Å². The average molecular weight is 395 g/mol. The van der Waals surface area contributed by atoms with Crippen molar-refractivity contribution in [2.24, 2.45) is 11.8 Å². The topological polar surface area (TPSA) is 0 Å². The molecule has 0 rings (SSSR count). The highest BCUT2D eigenvalue weighted by molar-refractivity contribution is 4.56. The first-order valence-corrected chi connectivity index (χ1v) is 13.7. The summed E-state index contributed by atoms with van der Waals surface area (Å²) in [4.78, 5) is 0. The summed E-state index contributed by atoms with van der Waals surface area (Å²) >= 11 is 0. The molecule has 0 heteroatoms. The second-order valence-electron chi connectivity index (χ2n) is 10.00. The van der Waals surface area contributed by atoms with E-state index in [1.165, 1.54) is 141 Å². The predicted molar refractivity (Wildman–Crippen MR) is 131 cm³/mol. The fraction of sp³-hybridized carbons (Fsp3) is 1.00. The number of rotatable bonds is 23. The molecule has 0 amide bonds. The quantitative estimate of drug-likeness (QED) is 0.151. The van der Waals surface area contributed by atoms with Crippen molar-refractivity contribution in [3.05, 3.63) is 0 Å². The van der Waals surface area contributed by atoms with Crippen LogP contribution in [0.3, 0.4) is 0 Å². The highest BCUT2D eigenvalue weighted by Crippen LogP contribution is 2.19. The van der Waals surface area contributed by atoms with Gasteiger partial charge in [0, 0.05) is 0 Å². The molecule has 0 N–H and O–H groups in total. The van der Waals surface area contributed by atoms with Gasteiger partial charge >= 0.3 is 0 Å². The van der Waals surface area contributed by atoms with Crippen LogP contribution in [0.2, 0.25) is 0 Å². The molecule has 0 radical (unpaired) electrons. The van der Waals surface area contributed by atoms with Gasteiger partial charge in [-0.2, -0.15) is 0 Å². The Kier molecular flexibility index (Phi) is 23.3. The van der Waals surface area contributed by atoms with Crippen LogP contribution in [0.25, 0.3) is 0 Å². The second-order valence-corrected chi connectivity index (χ2v) is 10.00. The fourth-order valence-corrected chi connectivity index (χ4v) is 4.37. The SMILES string of the molecule is CCCCCCCCCCCC(C)CCCCCCCCCCCC(C)CC. The summed E-state index contributed by atoms with van der Waals surface area (Å²) in [6.07, 6.45) is 32.2. The zero-order chi connectivity index (χ0) is 20.7. The third-order valence-corrected chi connectivity index (χ3v) is 6.89. The van der Waals surface area contributed by atoms with Crippen LogP contribution in [-0.2, 0) is 0 Å². The Morgan fingerprint density at radius 2 is 0.643 bits per heavy atom. The smallest absolute Gasteiger partial charge is 0.0443 e. The molecule has 0 saturated carbocycles. The van der Waals surface area contributed by atoms with E-state index >= 15 is 0 Å². The predicted octanol–water partition coefficient (Wildman–Crippen LogP) is 10.9. The zero-order valence-electron chi connectivity index (χ0n) is 20.7. The standard InChI is InChI=1S/C28H58/c1-5-7-8-9-10-12-16-19-22-25-28(4)26-23-20-17-14-11-13-15-18-21-24-27(3)6-2/h27-28H,5-26H2,1-4H3. The summed E-state index contributed by atoms with van der Waals surface area (Å²) in [5, 5.41) is 0. The van der Waals surface area contributed by atoms with Gasteiger partial charge < -0.3 is 0 Å². The molecule has 0 spiro atoms. The molecule has 2 unspecified atom stereocenters. The van der Waals surface area contributed by atoms with Crippen molar-refractivity contribution < 1.29 is 0 Å². The van der Waals surface area contributed by atoms with Crippen LogP contribution in [0.1, 0.15) is 169 Å². The highest BCUT2D eigenvalue weighted by Gasteiger charge is 2.02. The number of unbranched alkanes of at least 4 members (excludes halogenated alkanes) is 16. The highest BCUT2D eigenvalue weighted by atomic mass is 14.1. The maximum absolute atomic E-state index is 2.49. The van der Waals surface area contributed by atoms with Crippen molar-refractivity contribution in [3.8, 4) is 0 Å². The Hall–Kier alpha value is 0. The Labute approximate surface area is 181 Å². The molecule has 0 bridgehead atoms. The van der Waals surface area contributed by atoms with Crippen LogP contribution in [0, 0.1) is 11.8 Å². The van der Waals surface area contributed by atoms with Crippen molar-refractivity contribution >= 4 is 0 Å². The Balaban J connectivity index is 3.16. The van der Waals surface area contributed by atoms with Crippen LogP contribution >= 0.6 is 0 Å². The second kappa shape index (κ2) is 23.3. The lowest BCUT2D eigenvalue weighted by atomic mass is 9.95. The largest absolute Gasteiger partial charge is 0.0654 e. The third kappa shape index (κ3) is 22.3. The molecule has 170 valence electrons. The molecule has 0 fully saturated rings. The van der Waals surface area contributed by atoms with Crippen LogP contribution < -0.4 is 0 Å². The first-order chi connectivity index (χ1) is 13.7. The molecule has 2 atom stereocenters. The number of hydrogen-bond acceptors (Lipinski definition) is 0. The van der Waals surface area contributed by atoms with Gasteiger partial charge in [-0.05, 0) is 11.8 Å². The van der Waals surface area contributed by atoms with Crippen LogP contribution in [-0.4, -0.2) is 0 Å². The summed E-state index contributed by atoms with van der Waals surface area (Å²) in [6.45, 7) is 9.52. The Morgan fingerprint density at radius 3 is 0.964 bits per heavy atom. The maximum Gasteiger partial charge on any atom is -0.0443 e. The molecule has 0 aromatic carbocycles. The molecule has 0 aliphatic rings. The van der Waals surface area contributed by atoms with Gasteiger partial charge in [0.1, 0.15) is 0 Å². The minimum atomic E-state index is 0.947. The fourth-order valence-electron chi connectivity index (χ4n) is 4.37. The van der Waals surface area contributed by atoms with Crippen molar-refractivity contribution in [3.63, 3.8) is 0 Å². The normalized spacial score (nSPS) is 13.7. The number of hydrogen-bond donors (Lipinski definition) is 0. The summed E-state index contributed by atoms with van der Waals surface area (Å²) in [5.74, 6) is 1.91. The third-order valence-electron chi connectivity index (χ3n) is 6.89. The average Bonchev–Trinajstić information content (AvgIpc) is 2.70. The Bertz CT molecular complexity index is 269. The van der Waals surface area contributed by atoms with Gasteiger partial charge in [0.25, 0.3) is 0 Å². The lowest BCUT2D eigenvalue weighted by Crippen LogP contribution is -1.95. The summed E-state index contributed by atoms with van der Waals surface area (Å²) in [7, 11) is 0. The van der Waals surface area contributed by atoms with E-state index in [9.17, 15) is 0 Å². The van der Waals surface area contributed by atoms with Crippen molar-refractivity contribution in [2.45, 2.75) is 169 Å². The monoisotopic (exact) mass is 394 g/mol. The minimum absolute atomic E-state index is 0.947. The van der Waals surface area contributed by atoms with E-state index in [0.29, 0.717) is 0 Å². The van der Waals surface area contributed by atoms with Gasteiger partial charge in [0.05, 0.1) is 0 Å². The van der Waals surface area contributed by atoms with Crippen LogP contribution in [0.4, 0.5) is 0 Å². The van der Waals surface area contributed by atoms with Gasteiger partial charge in [0.15, 0.2) is 0 Å². The van der Waals surface area contributed by atoms with Gasteiger partial charge in [0.2, 0.25) is 0 Å². The van der Waals surface area contributed by atoms with Crippen LogP contribution in [0.15, 0.2) is 0 Å². The molecule has 0 aromatic heterocycles. The first kappa shape index (κ1) is 28.0. The van der Waals surface area contributed by atoms with E-state index in [1.54, 1.807) is 0 Å². The Morgan fingerprint density at radius 1 is 0.357 bits per heavy atom. The molecular formula is C28H58. The van der Waals surface area contributed by atoms with Crippen molar-refractivity contribution in [1.82, 2.24) is 0 Å². The van der Waals surface area contributed by atoms with Gasteiger partial charge in [-0.1, -0.05) is 169 Å². The lowest BCUT2D eigenvalue weighted by molar-refractivity contribution is 0.429.